The summed E-state index contributed by atoms with van der Waals surface area (Å²) in [6, 6.07) is 6.38. The van der Waals surface area contributed by atoms with E-state index in [0.29, 0.717) is 11.7 Å². The van der Waals surface area contributed by atoms with Crippen molar-refractivity contribution in [1.29, 1.82) is 0 Å². The first-order valence-corrected chi connectivity index (χ1v) is 10.8. The second kappa shape index (κ2) is 9.64. The SMILES string of the molecule is NC(N)=Nc1nc(CCCCN=CNS(=O)(=O)c2ccc(Br)cc2)cs1. The average Bonchev–Trinajstić information content (AvgIpc) is 3.01. The van der Waals surface area contributed by atoms with E-state index in [1.54, 1.807) is 12.1 Å². The summed E-state index contributed by atoms with van der Waals surface area (Å²) in [5.74, 6) is -0.00849. The molecule has 0 aliphatic rings. The van der Waals surface area contributed by atoms with Crippen molar-refractivity contribution in [2.45, 2.75) is 24.2 Å². The number of unbranched alkanes of at least 4 members (excludes halogenated alkanes) is 1. The number of halogens is 1. The Kier molecular flexibility index (Phi) is 7.54. The van der Waals surface area contributed by atoms with Gasteiger partial charge in [0.2, 0.25) is 5.13 Å². The first-order chi connectivity index (χ1) is 12.4. The highest BCUT2D eigenvalue weighted by Crippen LogP contribution is 2.19. The molecule has 0 amide bonds. The van der Waals surface area contributed by atoms with Crippen LogP contribution in [0.3, 0.4) is 0 Å². The van der Waals surface area contributed by atoms with Gasteiger partial charge in [-0.25, -0.2) is 13.4 Å². The Balaban J connectivity index is 1.70. The van der Waals surface area contributed by atoms with E-state index in [-0.39, 0.29) is 10.9 Å². The number of guanidine groups is 1. The van der Waals surface area contributed by atoms with Gasteiger partial charge in [0.25, 0.3) is 10.0 Å². The first kappa shape index (κ1) is 20.3. The number of sulfonamides is 1. The van der Waals surface area contributed by atoms with Gasteiger partial charge in [0.15, 0.2) is 5.96 Å². The van der Waals surface area contributed by atoms with Crippen LogP contribution in [0.2, 0.25) is 0 Å². The average molecular weight is 459 g/mol. The van der Waals surface area contributed by atoms with Gasteiger partial charge in [0.05, 0.1) is 16.9 Å². The van der Waals surface area contributed by atoms with Crippen molar-refractivity contribution >= 4 is 54.7 Å². The molecule has 2 rings (SSSR count). The molecule has 0 unspecified atom stereocenters. The summed E-state index contributed by atoms with van der Waals surface area (Å²) in [4.78, 5) is 12.4. The van der Waals surface area contributed by atoms with Gasteiger partial charge in [-0.05, 0) is 43.5 Å². The predicted molar refractivity (Wildman–Crippen MR) is 108 cm³/mol. The summed E-state index contributed by atoms with van der Waals surface area (Å²) in [6.45, 7) is 0.522. The summed E-state index contributed by atoms with van der Waals surface area (Å²) in [7, 11) is -3.58. The number of nitrogens with zero attached hydrogens (tertiary/aromatic N) is 3. The molecule has 1 aromatic heterocycles. The minimum absolute atomic E-state index is 0.00849. The second-order valence-electron chi connectivity index (χ2n) is 5.23. The lowest BCUT2D eigenvalue weighted by molar-refractivity contribution is 0.593. The zero-order valence-corrected chi connectivity index (χ0v) is 17.0. The number of hydrogen-bond acceptors (Lipinski definition) is 6. The van der Waals surface area contributed by atoms with E-state index >= 15 is 0 Å². The number of aryl methyl sites for hydroxylation is 1. The molecule has 1 heterocycles. The molecule has 8 nitrogen and oxygen atoms in total. The lowest BCUT2D eigenvalue weighted by Crippen LogP contribution is -2.22. The van der Waals surface area contributed by atoms with Crippen LogP contribution in [0.1, 0.15) is 18.5 Å². The van der Waals surface area contributed by atoms with Crippen LogP contribution in [0, 0.1) is 0 Å². The molecule has 0 spiro atoms. The molecule has 0 atom stereocenters. The highest BCUT2D eigenvalue weighted by Gasteiger charge is 2.11. The summed E-state index contributed by atoms with van der Waals surface area (Å²) in [5.41, 5.74) is 11.5. The number of nitrogens with two attached hydrogens (primary N) is 2. The van der Waals surface area contributed by atoms with E-state index in [2.05, 4.69) is 35.6 Å². The number of rotatable bonds is 9. The molecule has 2 aromatic rings. The Bertz CT molecular complexity index is 874. The molecule has 0 fully saturated rings. The largest absolute Gasteiger partial charge is 0.370 e. The van der Waals surface area contributed by atoms with Crippen LogP contribution in [0.15, 0.2) is 49.0 Å². The van der Waals surface area contributed by atoms with Gasteiger partial charge in [-0.15, -0.1) is 11.3 Å². The predicted octanol–water partition coefficient (Wildman–Crippen LogP) is 2.14. The van der Waals surface area contributed by atoms with Gasteiger partial charge in [0, 0.05) is 16.4 Å². The topological polar surface area (TPSA) is 136 Å². The molecule has 5 N–H and O–H groups in total. The normalized spacial score (nSPS) is 11.6. The molecular weight excluding hydrogens is 440 g/mol. The van der Waals surface area contributed by atoms with E-state index in [0.717, 1.165) is 29.4 Å². The highest BCUT2D eigenvalue weighted by molar-refractivity contribution is 9.10. The minimum atomic E-state index is -3.58. The van der Waals surface area contributed by atoms with Gasteiger partial charge in [0.1, 0.15) is 0 Å². The molecule has 11 heteroatoms. The Hall–Kier alpha value is -1.98. The molecular formula is C15H19BrN6O2S2. The molecule has 0 saturated carbocycles. The zero-order chi connectivity index (χ0) is 19.0. The summed E-state index contributed by atoms with van der Waals surface area (Å²) in [5, 5.41) is 2.46. The molecule has 0 saturated heterocycles. The van der Waals surface area contributed by atoms with E-state index < -0.39 is 10.0 Å². The summed E-state index contributed by atoms with van der Waals surface area (Å²) in [6.07, 6.45) is 3.70. The number of hydrogen-bond donors (Lipinski definition) is 3. The fraction of sp³-hybridized carbons (Fsp3) is 0.267. The highest BCUT2D eigenvalue weighted by atomic mass is 79.9. The fourth-order valence-corrected chi connectivity index (χ4v) is 3.78. The van der Waals surface area contributed by atoms with E-state index in [4.69, 9.17) is 11.5 Å². The molecule has 0 aliphatic carbocycles. The molecule has 140 valence electrons. The van der Waals surface area contributed by atoms with Gasteiger partial charge in [-0.1, -0.05) is 15.9 Å². The lowest BCUT2D eigenvalue weighted by atomic mass is 10.2. The first-order valence-electron chi connectivity index (χ1n) is 7.67. The van der Waals surface area contributed by atoms with Crippen molar-refractivity contribution < 1.29 is 8.42 Å². The maximum absolute atomic E-state index is 12.0. The van der Waals surface area contributed by atoms with E-state index in [9.17, 15) is 8.42 Å². The van der Waals surface area contributed by atoms with Crippen LogP contribution in [0.5, 0.6) is 0 Å². The van der Waals surface area contributed by atoms with Crippen LogP contribution < -0.4 is 16.2 Å². The maximum atomic E-state index is 12.0. The zero-order valence-electron chi connectivity index (χ0n) is 13.8. The summed E-state index contributed by atoms with van der Waals surface area (Å²) >= 11 is 4.65. The van der Waals surface area contributed by atoms with Crippen molar-refractivity contribution in [2.24, 2.45) is 21.5 Å². The molecule has 0 aliphatic heterocycles. The second-order valence-corrected chi connectivity index (χ2v) is 8.69. The van der Waals surface area contributed by atoms with Crippen molar-refractivity contribution in [3.8, 4) is 0 Å². The van der Waals surface area contributed by atoms with Crippen LogP contribution in [0.4, 0.5) is 5.13 Å². The third-order valence-electron chi connectivity index (χ3n) is 3.16. The van der Waals surface area contributed by atoms with Gasteiger partial charge in [-0.3, -0.25) is 9.71 Å². The Morgan fingerprint density at radius 3 is 2.69 bits per heavy atom. The van der Waals surface area contributed by atoms with Crippen molar-refractivity contribution in [3.05, 3.63) is 39.8 Å². The lowest BCUT2D eigenvalue weighted by Gasteiger charge is -2.03. The van der Waals surface area contributed by atoms with Crippen molar-refractivity contribution in [2.75, 3.05) is 6.54 Å². The van der Waals surface area contributed by atoms with Crippen molar-refractivity contribution in [1.82, 2.24) is 9.71 Å². The smallest absolute Gasteiger partial charge is 0.262 e. The van der Waals surface area contributed by atoms with Crippen LogP contribution in [0.25, 0.3) is 0 Å². The van der Waals surface area contributed by atoms with E-state index in [1.807, 2.05) is 5.38 Å². The number of aliphatic imine (C=N–C) groups is 2. The quantitative estimate of drug-likeness (QED) is 0.300. The Labute approximate surface area is 164 Å². The van der Waals surface area contributed by atoms with Crippen molar-refractivity contribution in [3.63, 3.8) is 0 Å². The minimum Gasteiger partial charge on any atom is -0.370 e. The third-order valence-corrected chi connectivity index (χ3v) is 5.78. The molecule has 1 aromatic carbocycles. The molecule has 0 bridgehead atoms. The fourth-order valence-electron chi connectivity index (χ4n) is 1.94. The number of thiazole rings is 1. The number of aromatic nitrogens is 1. The van der Waals surface area contributed by atoms with Gasteiger partial charge in [-0.2, -0.15) is 4.99 Å². The van der Waals surface area contributed by atoms with Crippen LogP contribution >= 0.6 is 27.3 Å². The number of benzene rings is 1. The Morgan fingerprint density at radius 2 is 2.00 bits per heavy atom. The third kappa shape index (κ3) is 6.73. The monoisotopic (exact) mass is 458 g/mol. The molecule has 0 radical (unpaired) electrons. The van der Waals surface area contributed by atoms with Gasteiger partial charge >= 0.3 is 0 Å². The van der Waals surface area contributed by atoms with E-state index in [1.165, 1.54) is 29.8 Å². The van der Waals surface area contributed by atoms with Gasteiger partial charge < -0.3 is 11.5 Å². The summed E-state index contributed by atoms with van der Waals surface area (Å²) < 4.78 is 27.2. The van der Waals surface area contributed by atoms with Crippen LogP contribution in [-0.2, 0) is 16.4 Å². The molecule has 26 heavy (non-hydrogen) atoms. The Morgan fingerprint density at radius 1 is 1.27 bits per heavy atom. The number of nitrogens with one attached hydrogen (secondary N) is 1. The maximum Gasteiger partial charge on any atom is 0.262 e. The standard InChI is InChI=1S/C15H19BrN6O2S2/c16-11-4-6-13(7-5-11)26(23,24)20-10-19-8-2-1-3-12-9-25-15(21-12)22-14(17)18/h4-7,9-10H,1-3,8H2,(H,19,20)(H4,17,18,21,22). The van der Waals surface area contributed by atoms with Crippen LogP contribution in [-0.4, -0.2) is 32.2 Å².